The molecular formula is C19H19N3O3. The number of carbonyl (C=O) groups excluding carboxylic acids is 1. The van der Waals surface area contributed by atoms with E-state index in [1.807, 2.05) is 11.0 Å². The van der Waals surface area contributed by atoms with Gasteiger partial charge in [0.25, 0.3) is 0 Å². The first kappa shape index (κ1) is 15.6. The molecule has 0 radical (unpaired) electrons. The number of hydrogen-bond donors (Lipinski definition) is 0. The van der Waals surface area contributed by atoms with Crippen LogP contribution in [0, 0.1) is 0 Å². The molecule has 1 amide bonds. The summed E-state index contributed by atoms with van der Waals surface area (Å²) in [5.74, 6) is 1.55. The minimum atomic E-state index is 0.120. The van der Waals surface area contributed by atoms with Gasteiger partial charge in [0.05, 0.1) is 6.26 Å². The molecule has 0 atom stereocenters. The van der Waals surface area contributed by atoms with Crippen molar-refractivity contribution in [1.82, 2.24) is 15.0 Å². The van der Waals surface area contributed by atoms with Gasteiger partial charge in [-0.1, -0.05) is 29.4 Å². The van der Waals surface area contributed by atoms with Crippen molar-refractivity contribution in [2.75, 3.05) is 6.54 Å². The summed E-state index contributed by atoms with van der Waals surface area (Å²) in [5.41, 5.74) is 2.59. The molecule has 2 aromatic heterocycles. The van der Waals surface area contributed by atoms with Crippen LogP contribution in [0.1, 0.15) is 29.9 Å². The predicted molar refractivity (Wildman–Crippen MR) is 90.5 cm³/mol. The molecule has 25 heavy (non-hydrogen) atoms. The van der Waals surface area contributed by atoms with E-state index in [2.05, 4.69) is 28.3 Å². The monoisotopic (exact) mass is 337 g/mol. The lowest BCUT2D eigenvalue weighted by molar-refractivity contribution is -0.131. The van der Waals surface area contributed by atoms with E-state index in [0.717, 1.165) is 19.4 Å². The third-order valence-electron chi connectivity index (χ3n) is 4.47. The minimum absolute atomic E-state index is 0.120. The summed E-state index contributed by atoms with van der Waals surface area (Å²) >= 11 is 0. The second kappa shape index (κ2) is 6.93. The molecular weight excluding hydrogens is 318 g/mol. The number of aromatic nitrogens is 2. The first-order valence-corrected chi connectivity index (χ1v) is 8.50. The average Bonchev–Trinajstić information content (AvgIpc) is 3.27. The minimum Gasteiger partial charge on any atom is -0.461 e. The van der Waals surface area contributed by atoms with Gasteiger partial charge in [-0.3, -0.25) is 4.79 Å². The quantitative estimate of drug-likeness (QED) is 0.731. The molecule has 0 saturated heterocycles. The largest absolute Gasteiger partial charge is 0.461 e. The van der Waals surface area contributed by atoms with Crippen molar-refractivity contribution in [3.8, 4) is 11.6 Å². The number of fused-ring (bicyclic) bond motifs is 1. The third kappa shape index (κ3) is 3.47. The lowest BCUT2D eigenvalue weighted by Gasteiger charge is -2.20. The van der Waals surface area contributed by atoms with Crippen molar-refractivity contribution in [2.45, 2.75) is 32.2 Å². The Labute approximate surface area is 145 Å². The summed E-state index contributed by atoms with van der Waals surface area (Å²) in [4.78, 5) is 18.8. The van der Waals surface area contributed by atoms with Crippen molar-refractivity contribution < 1.29 is 13.7 Å². The first-order valence-electron chi connectivity index (χ1n) is 8.50. The average molecular weight is 337 g/mol. The Morgan fingerprint density at radius 1 is 1.16 bits per heavy atom. The molecule has 0 saturated carbocycles. The first-order chi connectivity index (χ1) is 12.3. The fourth-order valence-corrected chi connectivity index (χ4v) is 3.15. The highest BCUT2D eigenvalue weighted by Gasteiger charge is 2.20. The van der Waals surface area contributed by atoms with Crippen LogP contribution in [-0.2, 0) is 24.2 Å². The van der Waals surface area contributed by atoms with Crippen LogP contribution in [0.2, 0.25) is 0 Å². The van der Waals surface area contributed by atoms with Gasteiger partial charge in [0.2, 0.25) is 17.6 Å². The van der Waals surface area contributed by atoms with Gasteiger partial charge in [-0.05, 0) is 36.1 Å². The van der Waals surface area contributed by atoms with Crippen LogP contribution in [0.25, 0.3) is 11.6 Å². The smallest absolute Gasteiger partial charge is 0.238 e. The van der Waals surface area contributed by atoms with Gasteiger partial charge < -0.3 is 13.8 Å². The molecule has 0 N–H and O–H groups in total. The molecule has 3 aromatic rings. The number of carbonyl (C=O) groups is 1. The summed E-state index contributed by atoms with van der Waals surface area (Å²) in [5, 5.41) is 3.89. The molecule has 0 unspecified atom stereocenters. The molecule has 1 aliphatic rings. The van der Waals surface area contributed by atoms with Gasteiger partial charge in [-0.15, -0.1) is 0 Å². The topological polar surface area (TPSA) is 72.4 Å². The van der Waals surface area contributed by atoms with Crippen molar-refractivity contribution in [1.29, 1.82) is 0 Å². The summed E-state index contributed by atoms with van der Waals surface area (Å²) in [6.45, 7) is 1.46. The van der Waals surface area contributed by atoms with Crippen molar-refractivity contribution >= 4 is 5.91 Å². The number of furan rings is 1. The zero-order valence-corrected chi connectivity index (χ0v) is 13.9. The van der Waals surface area contributed by atoms with Gasteiger partial charge in [-0.2, -0.15) is 4.98 Å². The Hall–Kier alpha value is -2.89. The molecule has 4 rings (SSSR count). The summed E-state index contributed by atoms with van der Waals surface area (Å²) < 4.78 is 10.5. The van der Waals surface area contributed by atoms with E-state index in [9.17, 15) is 4.79 Å². The number of aryl methyl sites for hydroxylation is 2. The molecule has 0 fully saturated rings. The van der Waals surface area contributed by atoms with Crippen molar-refractivity contribution in [3.05, 3.63) is 59.7 Å². The zero-order chi connectivity index (χ0) is 17.1. The zero-order valence-electron chi connectivity index (χ0n) is 13.9. The van der Waals surface area contributed by atoms with E-state index in [1.165, 1.54) is 11.1 Å². The molecule has 0 aliphatic carbocycles. The standard InChI is InChI=1S/C19H19N3O3/c23-18(22-11-3-7-14-5-1-2-6-15(14)13-22)10-9-17-20-19(21-25-17)16-8-4-12-24-16/h1-2,4-6,8,12H,3,7,9-11,13H2. The maximum Gasteiger partial charge on any atom is 0.238 e. The fourth-order valence-electron chi connectivity index (χ4n) is 3.15. The number of rotatable bonds is 4. The highest BCUT2D eigenvalue weighted by Crippen LogP contribution is 2.20. The van der Waals surface area contributed by atoms with Gasteiger partial charge >= 0.3 is 0 Å². The second-order valence-electron chi connectivity index (χ2n) is 6.18. The van der Waals surface area contributed by atoms with Crippen molar-refractivity contribution in [2.24, 2.45) is 0 Å². The van der Waals surface area contributed by atoms with E-state index in [-0.39, 0.29) is 5.91 Å². The van der Waals surface area contributed by atoms with Crippen LogP contribution in [0.5, 0.6) is 0 Å². The fraction of sp³-hybridized carbons (Fsp3) is 0.316. The van der Waals surface area contributed by atoms with Crippen LogP contribution in [-0.4, -0.2) is 27.5 Å². The maximum atomic E-state index is 12.6. The van der Waals surface area contributed by atoms with Crippen LogP contribution < -0.4 is 0 Å². The lowest BCUT2D eigenvalue weighted by atomic mass is 10.0. The Bertz CT molecular complexity index is 854. The maximum absolute atomic E-state index is 12.6. The SMILES string of the molecule is O=C(CCc1nc(-c2ccco2)no1)N1CCCc2ccccc2C1. The summed E-state index contributed by atoms with van der Waals surface area (Å²) in [6, 6.07) is 11.9. The Morgan fingerprint density at radius 3 is 2.88 bits per heavy atom. The van der Waals surface area contributed by atoms with Gasteiger partial charge in [0, 0.05) is 25.9 Å². The summed E-state index contributed by atoms with van der Waals surface area (Å²) in [6.07, 6.45) is 4.38. The lowest BCUT2D eigenvalue weighted by Crippen LogP contribution is -2.30. The highest BCUT2D eigenvalue weighted by molar-refractivity contribution is 5.76. The molecule has 0 spiro atoms. The molecule has 6 heteroatoms. The molecule has 6 nitrogen and oxygen atoms in total. The normalized spacial score (nSPS) is 14.2. The summed E-state index contributed by atoms with van der Waals surface area (Å²) in [7, 11) is 0. The van der Waals surface area contributed by atoms with E-state index in [4.69, 9.17) is 8.94 Å². The number of amides is 1. The van der Waals surface area contributed by atoms with Crippen molar-refractivity contribution in [3.63, 3.8) is 0 Å². The highest BCUT2D eigenvalue weighted by atomic mass is 16.5. The van der Waals surface area contributed by atoms with E-state index >= 15 is 0 Å². The van der Waals surface area contributed by atoms with Crippen LogP contribution in [0.3, 0.4) is 0 Å². The molecule has 1 aliphatic heterocycles. The number of benzene rings is 1. The predicted octanol–water partition coefficient (Wildman–Crippen LogP) is 3.24. The molecule has 128 valence electrons. The second-order valence-corrected chi connectivity index (χ2v) is 6.18. The van der Waals surface area contributed by atoms with Crippen LogP contribution in [0.15, 0.2) is 51.6 Å². The Morgan fingerprint density at radius 2 is 2.04 bits per heavy atom. The third-order valence-corrected chi connectivity index (χ3v) is 4.47. The molecule has 1 aromatic carbocycles. The molecule has 3 heterocycles. The number of hydrogen-bond acceptors (Lipinski definition) is 5. The molecule has 0 bridgehead atoms. The van der Waals surface area contributed by atoms with Gasteiger partial charge in [0.1, 0.15) is 0 Å². The Balaban J connectivity index is 1.38. The van der Waals surface area contributed by atoms with Crippen LogP contribution >= 0.6 is 0 Å². The van der Waals surface area contributed by atoms with E-state index in [0.29, 0.717) is 36.9 Å². The van der Waals surface area contributed by atoms with Gasteiger partial charge in [-0.25, -0.2) is 0 Å². The Kier molecular flexibility index (Phi) is 4.33. The number of nitrogens with zero attached hydrogens (tertiary/aromatic N) is 3. The van der Waals surface area contributed by atoms with E-state index in [1.54, 1.807) is 18.4 Å². The van der Waals surface area contributed by atoms with Crippen LogP contribution in [0.4, 0.5) is 0 Å². The van der Waals surface area contributed by atoms with E-state index < -0.39 is 0 Å². The van der Waals surface area contributed by atoms with Gasteiger partial charge in [0.15, 0.2) is 5.76 Å².